The summed E-state index contributed by atoms with van der Waals surface area (Å²) < 4.78 is 70.7. The van der Waals surface area contributed by atoms with Crippen molar-refractivity contribution in [1.29, 1.82) is 0 Å². The zero-order valence-corrected chi connectivity index (χ0v) is 10.5. The summed E-state index contributed by atoms with van der Waals surface area (Å²) in [6.07, 6.45) is -1.74. The molecule has 0 fully saturated rings. The fourth-order valence-electron chi connectivity index (χ4n) is 2.61. The van der Waals surface area contributed by atoms with Crippen LogP contribution in [0.3, 0.4) is 0 Å². The lowest BCUT2D eigenvalue weighted by molar-refractivity contribution is -0.224. The van der Waals surface area contributed by atoms with Crippen molar-refractivity contribution in [3.63, 3.8) is 0 Å². The molecule has 2 aromatic rings. The summed E-state index contributed by atoms with van der Waals surface area (Å²) >= 11 is 0. The van der Waals surface area contributed by atoms with Crippen LogP contribution >= 0.6 is 0 Å². The van der Waals surface area contributed by atoms with Gasteiger partial charge < -0.3 is 5.11 Å². The maximum atomic E-state index is 14.2. The maximum absolute atomic E-state index is 14.2. The monoisotopic (exact) mass is 300 g/mol. The second-order valence-electron chi connectivity index (χ2n) is 4.84. The van der Waals surface area contributed by atoms with Crippen LogP contribution in [-0.4, -0.2) is 5.11 Å². The zero-order valence-electron chi connectivity index (χ0n) is 10.5. The Balaban J connectivity index is 2.45. The second-order valence-corrected chi connectivity index (χ2v) is 4.84. The number of rotatable bonds is 0. The maximum Gasteiger partial charge on any atom is 0.342 e. The van der Waals surface area contributed by atoms with Gasteiger partial charge in [0.25, 0.3) is 0 Å². The standard InChI is InChI=1S/C15H9F5O/c16-11-7-3-5-9-12(11)15(19,20)14(17,18)10-6-2-1-4-8(10)13(9)21/h1-7,13,21H. The van der Waals surface area contributed by atoms with Crippen molar-refractivity contribution in [2.75, 3.05) is 0 Å². The minimum Gasteiger partial charge on any atom is -0.384 e. The van der Waals surface area contributed by atoms with Crippen molar-refractivity contribution in [3.05, 3.63) is 70.5 Å². The molecule has 0 spiro atoms. The molecule has 1 aliphatic rings. The molecule has 0 bridgehead atoms. The van der Waals surface area contributed by atoms with Crippen molar-refractivity contribution in [2.24, 2.45) is 0 Å². The molecule has 0 heterocycles. The van der Waals surface area contributed by atoms with Crippen molar-refractivity contribution < 1.29 is 27.1 Å². The van der Waals surface area contributed by atoms with Gasteiger partial charge in [0.15, 0.2) is 0 Å². The topological polar surface area (TPSA) is 20.2 Å². The van der Waals surface area contributed by atoms with E-state index in [1.165, 1.54) is 12.1 Å². The SMILES string of the molecule is OC1c2ccccc2C(F)(F)C(F)(F)c2c(F)cccc21. The molecule has 3 rings (SSSR count). The molecule has 0 radical (unpaired) electrons. The van der Waals surface area contributed by atoms with Gasteiger partial charge in [-0.3, -0.25) is 0 Å². The highest BCUT2D eigenvalue weighted by atomic mass is 19.3. The van der Waals surface area contributed by atoms with E-state index in [-0.39, 0.29) is 5.56 Å². The number of fused-ring (bicyclic) bond motifs is 2. The second kappa shape index (κ2) is 4.27. The molecular weight excluding hydrogens is 291 g/mol. The summed E-state index contributed by atoms with van der Waals surface area (Å²) in [7, 11) is 0. The van der Waals surface area contributed by atoms with Crippen molar-refractivity contribution in [2.45, 2.75) is 17.9 Å². The van der Waals surface area contributed by atoms with Crippen molar-refractivity contribution in [1.82, 2.24) is 0 Å². The normalized spacial score (nSPS) is 22.1. The highest BCUT2D eigenvalue weighted by Crippen LogP contribution is 2.56. The summed E-state index contributed by atoms with van der Waals surface area (Å²) in [5, 5.41) is 10.1. The Kier molecular flexibility index (Phi) is 2.85. The van der Waals surface area contributed by atoms with Gasteiger partial charge in [-0.15, -0.1) is 0 Å². The Bertz CT molecular complexity index is 711. The molecule has 0 saturated carbocycles. The fraction of sp³-hybridized carbons (Fsp3) is 0.200. The van der Waals surface area contributed by atoms with Gasteiger partial charge >= 0.3 is 11.8 Å². The molecule has 0 saturated heterocycles. The van der Waals surface area contributed by atoms with Gasteiger partial charge in [-0.2, -0.15) is 17.6 Å². The molecule has 6 heteroatoms. The van der Waals surface area contributed by atoms with Crippen LogP contribution in [-0.2, 0) is 11.8 Å². The van der Waals surface area contributed by atoms with Gasteiger partial charge in [0.05, 0.1) is 5.56 Å². The highest BCUT2D eigenvalue weighted by Gasteiger charge is 2.63. The zero-order chi connectivity index (χ0) is 15.4. The van der Waals surface area contributed by atoms with Crippen LogP contribution in [0.5, 0.6) is 0 Å². The average molecular weight is 300 g/mol. The number of halogens is 5. The quantitative estimate of drug-likeness (QED) is 0.726. The van der Waals surface area contributed by atoms with E-state index in [4.69, 9.17) is 0 Å². The lowest BCUT2D eigenvalue weighted by atomic mass is 9.95. The molecule has 0 aliphatic heterocycles. The van der Waals surface area contributed by atoms with E-state index in [1.807, 2.05) is 0 Å². The van der Waals surface area contributed by atoms with Crippen LogP contribution in [0.25, 0.3) is 0 Å². The van der Waals surface area contributed by atoms with Crippen LogP contribution in [0.1, 0.15) is 28.4 Å². The van der Waals surface area contributed by atoms with Gasteiger partial charge in [0, 0.05) is 5.56 Å². The molecule has 110 valence electrons. The lowest BCUT2D eigenvalue weighted by Crippen LogP contribution is -2.36. The average Bonchev–Trinajstić information content (AvgIpc) is 2.49. The number of hydrogen-bond donors (Lipinski definition) is 1. The molecule has 1 nitrogen and oxygen atoms in total. The van der Waals surface area contributed by atoms with E-state index in [9.17, 15) is 27.1 Å². The third kappa shape index (κ3) is 1.72. The molecule has 1 unspecified atom stereocenters. The smallest absolute Gasteiger partial charge is 0.342 e. The Morgan fingerprint density at radius 1 is 0.810 bits per heavy atom. The summed E-state index contributed by atoms with van der Waals surface area (Å²) in [6, 6.07) is 7.25. The number of hydrogen-bond acceptors (Lipinski definition) is 1. The molecule has 0 aromatic heterocycles. The van der Waals surface area contributed by atoms with Crippen LogP contribution in [0.2, 0.25) is 0 Å². The number of aliphatic hydroxyl groups is 1. The summed E-state index contributed by atoms with van der Waals surface area (Å²) in [4.78, 5) is 0. The van der Waals surface area contributed by atoms with E-state index >= 15 is 0 Å². The first kappa shape index (κ1) is 14.0. The van der Waals surface area contributed by atoms with Gasteiger partial charge in [-0.25, -0.2) is 4.39 Å². The van der Waals surface area contributed by atoms with Crippen LogP contribution < -0.4 is 0 Å². The number of alkyl halides is 4. The number of aliphatic hydroxyl groups excluding tert-OH is 1. The van der Waals surface area contributed by atoms with Gasteiger partial charge in [-0.05, 0) is 17.2 Å². The van der Waals surface area contributed by atoms with Crippen molar-refractivity contribution >= 4 is 0 Å². The van der Waals surface area contributed by atoms with E-state index in [0.717, 1.165) is 24.3 Å². The van der Waals surface area contributed by atoms with Crippen molar-refractivity contribution in [3.8, 4) is 0 Å². The minimum atomic E-state index is -4.76. The first-order chi connectivity index (χ1) is 9.78. The van der Waals surface area contributed by atoms with Gasteiger partial charge in [-0.1, -0.05) is 36.4 Å². The fourth-order valence-corrected chi connectivity index (χ4v) is 2.61. The Morgan fingerprint density at radius 2 is 1.43 bits per heavy atom. The van der Waals surface area contributed by atoms with E-state index < -0.39 is 40.5 Å². The third-order valence-electron chi connectivity index (χ3n) is 3.64. The summed E-state index contributed by atoms with van der Waals surface area (Å²) in [6.45, 7) is 0. The Morgan fingerprint density at radius 3 is 2.14 bits per heavy atom. The first-order valence-electron chi connectivity index (χ1n) is 6.10. The van der Waals surface area contributed by atoms with E-state index in [2.05, 4.69) is 0 Å². The Labute approximate surface area is 116 Å². The minimum absolute atomic E-state index is 0.355. The molecule has 0 amide bonds. The summed E-state index contributed by atoms with van der Waals surface area (Å²) in [5.74, 6) is -10.9. The van der Waals surface area contributed by atoms with E-state index in [1.54, 1.807) is 0 Å². The predicted molar refractivity (Wildman–Crippen MR) is 64.7 cm³/mol. The van der Waals surface area contributed by atoms with Crippen LogP contribution in [0.4, 0.5) is 22.0 Å². The molecule has 2 aromatic carbocycles. The Hall–Kier alpha value is -1.95. The summed E-state index contributed by atoms with van der Waals surface area (Å²) in [5.41, 5.74) is -3.37. The third-order valence-corrected chi connectivity index (χ3v) is 3.64. The first-order valence-corrected chi connectivity index (χ1v) is 6.10. The predicted octanol–water partition coefficient (Wildman–Crippen LogP) is 4.10. The largest absolute Gasteiger partial charge is 0.384 e. The molecule has 1 atom stereocenters. The number of benzene rings is 2. The lowest BCUT2D eigenvalue weighted by Gasteiger charge is -2.27. The molecule has 1 N–H and O–H groups in total. The molecular formula is C15H9F5O. The molecule has 1 aliphatic carbocycles. The van der Waals surface area contributed by atoms with Gasteiger partial charge in [0.2, 0.25) is 0 Å². The van der Waals surface area contributed by atoms with E-state index in [0.29, 0.717) is 6.07 Å². The van der Waals surface area contributed by atoms with Crippen LogP contribution in [0, 0.1) is 5.82 Å². The molecule has 21 heavy (non-hydrogen) atoms. The van der Waals surface area contributed by atoms with Crippen LogP contribution in [0.15, 0.2) is 42.5 Å². The van der Waals surface area contributed by atoms with Gasteiger partial charge in [0.1, 0.15) is 11.9 Å². The highest BCUT2D eigenvalue weighted by molar-refractivity contribution is 5.48.